The Balaban J connectivity index is 2.03. The topological polar surface area (TPSA) is 37.8 Å². The number of anilines is 1. The number of ether oxygens (including phenoxy) is 2. The fourth-order valence-electron chi connectivity index (χ4n) is 2.52. The summed E-state index contributed by atoms with van der Waals surface area (Å²) in [6.07, 6.45) is 0.0546. The third-order valence-corrected chi connectivity index (χ3v) is 3.71. The normalized spacial score (nSPS) is 19.7. The predicted octanol–water partition coefficient (Wildman–Crippen LogP) is 1.87. The van der Waals surface area contributed by atoms with Gasteiger partial charge in [0, 0.05) is 51.7 Å². The Kier molecular flexibility index (Phi) is 5.96. The Morgan fingerprint density at radius 3 is 2.95 bits per heavy atom. The Labute approximate surface area is 127 Å². The number of hydrogen-bond donors (Lipinski definition) is 0. The van der Waals surface area contributed by atoms with Crippen molar-refractivity contribution in [3.63, 3.8) is 0 Å². The van der Waals surface area contributed by atoms with Gasteiger partial charge in [-0.1, -0.05) is 0 Å². The number of pyridine rings is 1. The van der Waals surface area contributed by atoms with Gasteiger partial charge < -0.3 is 14.4 Å². The fraction of sp³-hybridized carbons (Fsp3) is 0.688. The van der Waals surface area contributed by atoms with Crippen molar-refractivity contribution >= 4 is 5.69 Å². The van der Waals surface area contributed by atoms with Gasteiger partial charge in [-0.2, -0.15) is 0 Å². The van der Waals surface area contributed by atoms with Crippen LogP contribution in [-0.4, -0.2) is 63.4 Å². The summed E-state index contributed by atoms with van der Waals surface area (Å²) in [5, 5.41) is 0. The molecule has 0 amide bonds. The van der Waals surface area contributed by atoms with Gasteiger partial charge in [0.25, 0.3) is 0 Å². The van der Waals surface area contributed by atoms with Crippen LogP contribution >= 0.6 is 0 Å². The first-order chi connectivity index (χ1) is 10.1. The molecule has 1 fully saturated rings. The lowest BCUT2D eigenvalue weighted by molar-refractivity contribution is -0.0392. The van der Waals surface area contributed by atoms with Crippen LogP contribution in [0.3, 0.4) is 0 Å². The van der Waals surface area contributed by atoms with Gasteiger partial charge >= 0.3 is 0 Å². The van der Waals surface area contributed by atoms with E-state index in [1.807, 2.05) is 13.8 Å². The molecule has 5 nitrogen and oxygen atoms in total. The Hall–Kier alpha value is -1.17. The van der Waals surface area contributed by atoms with Crippen LogP contribution in [0.2, 0.25) is 0 Å². The van der Waals surface area contributed by atoms with Crippen molar-refractivity contribution in [2.45, 2.75) is 20.0 Å². The minimum atomic E-state index is 0.0546. The SMILES string of the molecule is CCOCCN1CCO[C@@H](c2cc(N(C)C)cc(C)n2)C1. The minimum Gasteiger partial charge on any atom is -0.380 e. The van der Waals surface area contributed by atoms with Crippen molar-refractivity contribution in [1.29, 1.82) is 0 Å². The summed E-state index contributed by atoms with van der Waals surface area (Å²) in [6, 6.07) is 4.23. The van der Waals surface area contributed by atoms with Gasteiger partial charge in [-0.05, 0) is 26.0 Å². The zero-order chi connectivity index (χ0) is 15.2. The summed E-state index contributed by atoms with van der Waals surface area (Å²) >= 11 is 0. The van der Waals surface area contributed by atoms with Gasteiger partial charge in [0.15, 0.2) is 0 Å². The van der Waals surface area contributed by atoms with E-state index >= 15 is 0 Å². The maximum atomic E-state index is 5.93. The summed E-state index contributed by atoms with van der Waals surface area (Å²) in [7, 11) is 4.10. The van der Waals surface area contributed by atoms with Crippen molar-refractivity contribution in [2.75, 3.05) is 58.5 Å². The van der Waals surface area contributed by atoms with Gasteiger partial charge in [-0.15, -0.1) is 0 Å². The number of aryl methyl sites for hydroxylation is 1. The summed E-state index contributed by atoms with van der Waals surface area (Å²) in [5.74, 6) is 0. The second-order valence-corrected chi connectivity index (χ2v) is 5.64. The third-order valence-electron chi connectivity index (χ3n) is 3.71. The molecule has 0 radical (unpaired) electrons. The zero-order valence-corrected chi connectivity index (χ0v) is 13.6. The number of aromatic nitrogens is 1. The highest BCUT2D eigenvalue weighted by atomic mass is 16.5. The number of hydrogen-bond acceptors (Lipinski definition) is 5. The predicted molar refractivity (Wildman–Crippen MR) is 84.9 cm³/mol. The first kappa shape index (κ1) is 16.2. The Bertz CT molecular complexity index is 451. The van der Waals surface area contributed by atoms with E-state index < -0.39 is 0 Å². The molecule has 2 rings (SSSR count). The summed E-state index contributed by atoms with van der Waals surface area (Å²) in [6.45, 7) is 9.19. The molecule has 1 aromatic heterocycles. The van der Waals surface area contributed by atoms with E-state index in [-0.39, 0.29) is 6.10 Å². The average molecular weight is 293 g/mol. The standard InChI is InChI=1S/C16H27N3O2/c1-5-20-8-6-19-7-9-21-16(12-19)15-11-14(18(3)4)10-13(2)17-15/h10-11,16H,5-9,12H2,1-4H3/t16-/m1/s1. The maximum absolute atomic E-state index is 5.93. The highest BCUT2D eigenvalue weighted by molar-refractivity contribution is 5.47. The molecule has 0 unspecified atom stereocenters. The molecule has 21 heavy (non-hydrogen) atoms. The monoisotopic (exact) mass is 293 g/mol. The lowest BCUT2D eigenvalue weighted by Gasteiger charge is -2.33. The van der Waals surface area contributed by atoms with Crippen LogP contribution in [0.4, 0.5) is 5.69 Å². The number of morpholine rings is 1. The molecule has 0 saturated carbocycles. The van der Waals surface area contributed by atoms with Crippen molar-refractivity contribution in [2.24, 2.45) is 0 Å². The Morgan fingerprint density at radius 1 is 1.43 bits per heavy atom. The van der Waals surface area contributed by atoms with Gasteiger partial charge in [0.2, 0.25) is 0 Å². The van der Waals surface area contributed by atoms with Crippen LogP contribution < -0.4 is 4.90 Å². The second kappa shape index (κ2) is 7.73. The van der Waals surface area contributed by atoms with E-state index in [4.69, 9.17) is 9.47 Å². The molecule has 0 aromatic carbocycles. The third kappa shape index (κ3) is 4.66. The summed E-state index contributed by atoms with van der Waals surface area (Å²) < 4.78 is 11.4. The second-order valence-electron chi connectivity index (χ2n) is 5.64. The van der Waals surface area contributed by atoms with Crippen LogP contribution in [0, 0.1) is 6.92 Å². The van der Waals surface area contributed by atoms with Crippen LogP contribution in [0.15, 0.2) is 12.1 Å². The molecular weight excluding hydrogens is 266 g/mol. The van der Waals surface area contributed by atoms with Gasteiger partial charge in [0.1, 0.15) is 6.10 Å². The summed E-state index contributed by atoms with van der Waals surface area (Å²) in [4.78, 5) is 9.16. The largest absolute Gasteiger partial charge is 0.380 e. The maximum Gasteiger partial charge on any atom is 0.112 e. The van der Waals surface area contributed by atoms with Crippen molar-refractivity contribution in [3.05, 3.63) is 23.5 Å². The molecule has 5 heteroatoms. The first-order valence-electron chi connectivity index (χ1n) is 7.67. The quantitative estimate of drug-likeness (QED) is 0.749. The average Bonchev–Trinajstić information content (AvgIpc) is 2.47. The van der Waals surface area contributed by atoms with Crippen molar-refractivity contribution in [1.82, 2.24) is 9.88 Å². The van der Waals surface area contributed by atoms with Crippen LogP contribution in [0.5, 0.6) is 0 Å². The van der Waals surface area contributed by atoms with E-state index in [9.17, 15) is 0 Å². The highest BCUT2D eigenvalue weighted by Crippen LogP contribution is 2.24. The van der Waals surface area contributed by atoms with Crippen molar-refractivity contribution < 1.29 is 9.47 Å². The van der Waals surface area contributed by atoms with Crippen LogP contribution in [-0.2, 0) is 9.47 Å². The minimum absolute atomic E-state index is 0.0546. The molecular formula is C16H27N3O2. The lowest BCUT2D eigenvalue weighted by atomic mass is 10.1. The molecule has 0 spiro atoms. The molecule has 0 aliphatic carbocycles. The number of nitrogens with zero attached hydrogens (tertiary/aromatic N) is 3. The van der Waals surface area contributed by atoms with Gasteiger partial charge in [-0.25, -0.2) is 0 Å². The molecule has 1 aliphatic heterocycles. The molecule has 1 aromatic rings. The van der Waals surface area contributed by atoms with Crippen LogP contribution in [0.1, 0.15) is 24.4 Å². The van der Waals surface area contributed by atoms with Gasteiger partial charge in [-0.3, -0.25) is 9.88 Å². The van der Waals surface area contributed by atoms with E-state index in [0.717, 1.165) is 50.8 Å². The smallest absolute Gasteiger partial charge is 0.112 e. The van der Waals surface area contributed by atoms with E-state index in [2.05, 4.69) is 41.0 Å². The molecule has 0 N–H and O–H groups in total. The molecule has 1 saturated heterocycles. The molecule has 1 atom stereocenters. The number of rotatable bonds is 6. The lowest BCUT2D eigenvalue weighted by Crippen LogP contribution is -2.40. The molecule has 1 aliphatic rings. The first-order valence-corrected chi connectivity index (χ1v) is 7.67. The highest BCUT2D eigenvalue weighted by Gasteiger charge is 2.23. The van der Waals surface area contributed by atoms with E-state index in [1.165, 1.54) is 5.69 Å². The zero-order valence-electron chi connectivity index (χ0n) is 13.6. The van der Waals surface area contributed by atoms with E-state index in [1.54, 1.807) is 0 Å². The fourth-order valence-corrected chi connectivity index (χ4v) is 2.52. The van der Waals surface area contributed by atoms with Crippen LogP contribution in [0.25, 0.3) is 0 Å². The molecule has 118 valence electrons. The molecule has 0 bridgehead atoms. The summed E-state index contributed by atoms with van der Waals surface area (Å²) in [5.41, 5.74) is 3.23. The molecule has 2 heterocycles. The van der Waals surface area contributed by atoms with Crippen molar-refractivity contribution in [3.8, 4) is 0 Å². The van der Waals surface area contributed by atoms with E-state index in [0.29, 0.717) is 0 Å². The van der Waals surface area contributed by atoms with Gasteiger partial charge in [0.05, 0.1) is 18.9 Å². The Morgan fingerprint density at radius 2 is 2.24 bits per heavy atom.